The van der Waals surface area contributed by atoms with Crippen LogP contribution in [0, 0.1) is 0 Å². The summed E-state index contributed by atoms with van der Waals surface area (Å²) in [6.45, 7) is 8.32. The van der Waals surface area contributed by atoms with Crippen LogP contribution in [0.2, 0.25) is 0 Å². The summed E-state index contributed by atoms with van der Waals surface area (Å²) >= 11 is 0. The molecule has 1 aliphatic heterocycles. The minimum atomic E-state index is -0.780. The fraction of sp³-hybridized carbons (Fsp3) is 1.00. The Hall–Kier alpha value is -0.190. The quantitative estimate of drug-likeness (QED) is 0.617. The van der Waals surface area contributed by atoms with Crippen molar-refractivity contribution in [1.82, 2.24) is 9.80 Å². The van der Waals surface area contributed by atoms with Gasteiger partial charge in [0.2, 0.25) is 0 Å². The van der Waals surface area contributed by atoms with Crippen LogP contribution in [0.5, 0.6) is 0 Å². The van der Waals surface area contributed by atoms with E-state index in [4.69, 9.17) is 4.74 Å². The second-order valence-corrected chi connectivity index (χ2v) is 4.61. The Bertz CT molecular complexity index is 172. The van der Waals surface area contributed by atoms with Gasteiger partial charge in [-0.25, -0.2) is 4.39 Å². The Morgan fingerprint density at radius 1 is 1.25 bits per heavy atom. The van der Waals surface area contributed by atoms with Crippen molar-refractivity contribution in [2.45, 2.75) is 25.9 Å². The number of rotatable bonds is 7. The fourth-order valence-corrected chi connectivity index (χ4v) is 1.87. The molecule has 0 spiro atoms. The van der Waals surface area contributed by atoms with E-state index >= 15 is 0 Å². The van der Waals surface area contributed by atoms with Crippen LogP contribution < -0.4 is 0 Å². The summed E-state index contributed by atoms with van der Waals surface area (Å²) in [5.74, 6) is 0. The van der Waals surface area contributed by atoms with Crippen LogP contribution in [0.25, 0.3) is 0 Å². The second-order valence-electron chi connectivity index (χ2n) is 4.61. The first-order valence-corrected chi connectivity index (χ1v) is 6.35. The molecule has 16 heavy (non-hydrogen) atoms. The number of piperazine rings is 1. The molecule has 1 saturated heterocycles. The SMILES string of the molecule is CCC[C@@H](F)COCCN1CCN(C)CC1. The van der Waals surface area contributed by atoms with Crippen molar-refractivity contribution in [1.29, 1.82) is 0 Å². The Labute approximate surface area is 98.5 Å². The van der Waals surface area contributed by atoms with Crippen molar-refractivity contribution >= 4 is 0 Å². The van der Waals surface area contributed by atoms with Gasteiger partial charge in [-0.2, -0.15) is 0 Å². The minimum Gasteiger partial charge on any atom is -0.377 e. The molecule has 0 aliphatic carbocycles. The summed E-state index contributed by atoms with van der Waals surface area (Å²) in [6.07, 6.45) is 0.731. The van der Waals surface area contributed by atoms with Gasteiger partial charge in [-0.3, -0.25) is 4.90 Å². The predicted molar refractivity (Wildman–Crippen MR) is 64.6 cm³/mol. The molecule has 1 fully saturated rings. The van der Waals surface area contributed by atoms with Crippen LogP contribution >= 0.6 is 0 Å². The molecule has 1 rings (SSSR count). The molecular formula is C12H25FN2O. The molecule has 1 heterocycles. The van der Waals surface area contributed by atoms with Crippen LogP contribution in [-0.4, -0.2) is 69.0 Å². The Kier molecular flexibility index (Phi) is 6.92. The molecule has 96 valence electrons. The maximum Gasteiger partial charge on any atom is 0.123 e. The van der Waals surface area contributed by atoms with E-state index in [2.05, 4.69) is 16.8 Å². The molecule has 4 heteroatoms. The number of nitrogens with zero attached hydrogens (tertiary/aromatic N) is 2. The monoisotopic (exact) mass is 232 g/mol. The fourth-order valence-electron chi connectivity index (χ4n) is 1.87. The van der Waals surface area contributed by atoms with E-state index in [9.17, 15) is 4.39 Å². The van der Waals surface area contributed by atoms with Crippen molar-refractivity contribution < 1.29 is 9.13 Å². The van der Waals surface area contributed by atoms with E-state index in [-0.39, 0.29) is 6.61 Å². The molecule has 0 aromatic carbocycles. The number of alkyl halides is 1. The molecule has 0 N–H and O–H groups in total. The number of halogens is 1. The predicted octanol–water partition coefficient (Wildman–Crippen LogP) is 1.39. The van der Waals surface area contributed by atoms with Gasteiger partial charge in [0.05, 0.1) is 13.2 Å². The first-order valence-electron chi connectivity index (χ1n) is 6.35. The second kappa shape index (κ2) is 7.98. The molecule has 0 radical (unpaired) electrons. The van der Waals surface area contributed by atoms with Crippen molar-refractivity contribution in [3.63, 3.8) is 0 Å². The van der Waals surface area contributed by atoms with Crippen LogP contribution in [0.4, 0.5) is 4.39 Å². The lowest BCUT2D eigenvalue weighted by Crippen LogP contribution is -2.45. The highest BCUT2D eigenvalue weighted by Crippen LogP contribution is 2.02. The standard InChI is InChI=1S/C12H25FN2O/c1-3-4-12(13)11-16-10-9-15-7-5-14(2)6-8-15/h12H,3-11H2,1-2H3/t12-/m1/s1. The first kappa shape index (κ1) is 13.9. The van der Waals surface area contributed by atoms with E-state index in [1.807, 2.05) is 6.92 Å². The maximum atomic E-state index is 13.1. The molecule has 3 nitrogen and oxygen atoms in total. The van der Waals surface area contributed by atoms with Crippen molar-refractivity contribution in [3.05, 3.63) is 0 Å². The highest BCUT2D eigenvalue weighted by atomic mass is 19.1. The van der Waals surface area contributed by atoms with Crippen LogP contribution in [-0.2, 0) is 4.74 Å². The molecule has 1 atom stereocenters. The smallest absolute Gasteiger partial charge is 0.123 e. The molecule has 0 saturated carbocycles. The molecular weight excluding hydrogens is 207 g/mol. The molecule has 0 aromatic rings. The van der Waals surface area contributed by atoms with E-state index < -0.39 is 6.17 Å². The van der Waals surface area contributed by atoms with Gasteiger partial charge in [-0.15, -0.1) is 0 Å². The van der Waals surface area contributed by atoms with Gasteiger partial charge in [0.1, 0.15) is 6.17 Å². The largest absolute Gasteiger partial charge is 0.377 e. The zero-order chi connectivity index (χ0) is 11.8. The lowest BCUT2D eigenvalue weighted by Gasteiger charge is -2.32. The Balaban J connectivity index is 1.95. The van der Waals surface area contributed by atoms with Crippen molar-refractivity contribution in [2.24, 2.45) is 0 Å². The summed E-state index contributed by atoms with van der Waals surface area (Å²) in [6, 6.07) is 0. The van der Waals surface area contributed by atoms with E-state index in [1.54, 1.807) is 0 Å². The summed E-state index contributed by atoms with van der Waals surface area (Å²) in [4.78, 5) is 4.71. The lowest BCUT2D eigenvalue weighted by atomic mass is 10.2. The molecule has 1 aliphatic rings. The summed E-state index contributed by atoms with van der Waals surface area (Å²) in [7, 11) is 2.15. The number of likely N-dealkylation sites (N-methyl/N-ethyl adjacent to an activating group) is 1. The average Bonchev–Trinajstić information content (AvgIpc) is 2.27. The number of hydrogen-bond acceptors (Lipinski definition) is 3. The van der Waals surface area contributed by atoms with Crippen LogP contribution in [0.3, 0.4) is 0 Å². The van der Waals surface area contributed by atoms with Gasteiger partial charge in [-0.05, 0) is 13.5 Å². The highest BCUT2D eigenvalue weighted by molar-refractivity contribution is 4.68. The van der Waals surface area contributed by atoms with E-state index in [0.717, 1.165) is 39.1 Å². The van der Waals surface area contributed by atoms with Crippen molar-refractivity contribution in [3.8, 4) is 0 Å². The maximum absolute atomic E-state index is 13.1. The van der Waals surface area contributed by atoms with Crippen LogP contribution in [0.15, 0.2) is 0 Å². The zero-order valence-corrected chi connectivity index (χ0v) is 10.6. The third-order valence-electron chi connectivity index (χ3n) is 3.05. The van der Waals surface area contributed by atoms with Gasteiger partial charge >= 0.3 is 0 Å². The van der Waals surface area contributed by atoms with Gasteiger partial charge in [0.25, 0.3) is 0 Å². The van der Waals surface area contributed by atoms with E-state index in [0.29, 0.717) is 13.0 Å². The molecule has 0 aromatic heterocycles. The topological polar surface area (TPSA) is 15.7 Å². The average molecular weight is 232 g/mol. The summed E-state index contributed by atoms with van der Waals surface area (Å²) in [5, 5.41) is 0. The van der Waals surface area contributed by atoms with Gasteiger partial charge < -0.3 is 9.64 Å². The normalized spacial score (nSPS) is 21.2. The molecule has 0 amide bonds. The third kappa shape index (κ3) is 5.77. The van der Waals surface area contributed by atoms with E-state index in [1.165, 1.54) is 0 Å². The zero-order valence-electron chi connectivity index (χ0n) is 10.6. The summed E-state index contributed by atoms with van der Waals surface area (Å²) in [5.41, 5.74) is 0. The number of hydrogen-bond donors (Lipinski definition) is 0. The summed E-state index contributed by atoms with van der Waals surface area (Å²) < 4.78 is 18.4. The van der Waals surface area contributed by atoms with Crippen LogP contribution in [0.1, 0.15) is 19.8 Å². The Morgan fingerprint density at radius 2 is 1.94 bits per heavy atom. The van der Waals surface area contributed by atoms with Crippen molar-refractivity contribution in [2.75, 3.05) is 53.0 Å². The van der Waals surface area contributed by atoms with Gasteiger partial charge in [0, 0.05) is 32.7 Å². The number of ether oxygens (including phenoxy) is 1. The third-order valence-corrected chi connectivity index (χ3v) is 3.05. The molecule has 0 bridgehead atoms. The van der Waals surface area contributed by atoms with Gasteiger partial charge in [0.15, 0.2) is 0 Å². The van der Waals surface area contributed by atoms with Gasteiger partial charge in [-0.1, -0.05) is 13.3 Å². The minimum absolute atomic E-state index is 0.265. The lowest BCUT2D eigenvalue weighted by molar-refractivity contribution is 0.0505. The highest BCUT2D eigenvalue weighted by Gasteiger charge is 2.13. The molecule has 0 unspecified atom stereocenters. The Morgan fingerprint density at radius 3 is 2.56 bits per heavy atom. The first-order chi connectivity index (χ1) is 7.72.